The molecule has 48 heavy (non-hydrogen) atoms. The van der Waals surface area contributed by atoms with Crippen LogP contribution in [0.4, 0.5) is 0 Å². The molecule has 0 spiro atoms. The summed E-state index contributed by atoms with van der Waals surface area (Å²) < 4.78 is 12.1. The van der Waals surface area contributed by atoms with E-state index in [1.807, 2.05) is 30.3 Å². The lowest BCUT2D eigenvalue weighted by Crippen LogP contribution is -2.44. The Kier molecular flexibility index (Phi) is 6.87. The highest BCUT2D eigenvalue weighted by Gasteiger charge is 2.45. The fraction of sp³-hybridized carbons (Fsp3) is 0.143. The Morgan fingerprint density at radius 3 is 2.42 bits per heavy atom. The lowest BCUT2D eigenvalue weighted by molar-refractivity contribution is -0.172. The van der Waals surface area contributed by atoms with Crippen molar-refractivity contribution < 1.29 is 44.6 Å². The monoisotopic (exact) mass is 650 g/mol. The molecule has 0 aliphatic carbocycles. The topological polar surface area (TPSA) is 213 Å². The first-order chi connectivity index (χ1) is 22.9. The van der Waals surface area contributed by atoms with Gasteiger partial charge in [0.05, 0.1) is 29.0 Å². The summed E-state index contributed by atoms with van der Waals surface area (Å²) in [4.78, 5) is 42.0. The standard InChI is InChI=1S/C20H16N2O4.C15H10O7/c1-2-20(25)14-8-16-17-12(7-11-5-3-4-6-15(11)21-17)9-22(16)18(23)13(14)10-26-19(20)24;16-7-4-10(19)12-11(5-7)22-15(14(21)13(12)20)6-1-2-8(17)9(18)3-6/h3-8,25H,2,9-10H2,1H3;1-5,16-19,21H. The number of carbonyl (C=O) groups is 1. The summed E-state index contributed by atoms with van der Waals surface area (Å²) in [6, 6.07) is 17.2. The van der Waals surface area contributed by atoms with Gasteiger partial charge in [-0.1, -0.05) is 25.1 Å². The molecule has 6 aromatic rings. The number of rotatable bonds is 2. The number of aliphatic hydroxyl groups is 1. The molecule has 0 saturated heterocycles. The number of phenolic OH excluding ortho intramolecular Hbond substituents is 4. The lowest BCUT2D eigenvalue weighted by Gasteiger charge is -2.31. The Morgan fingerprint density at radius 2 is 1.67 bits per heavy atom. The van der Waals surface area contributed by atoms with E-state index in [4.69, 9.17) is 14.1 Å². The Morgan fingerprint density at radius 1 is 0.896 bits per heavy atom. The zero-order chi connectivity index (χ0) is 34.1. The second-order valence-electron chi connectivity index (χ2n) is 11.4. The number of phenols is 4. The second kappa shape index (κ2) is 10.9. The molecule has 3 aromatic heterocycles. The van der Waals surface area contributed by atoms with Gasteiger partial charge in [0.1, 0.15) is 29.1 Å². The van der Waals surface area contributed by atoms with Gasteiger partial charge in [0.2, 0.25) is 11.2 Å². The number of aromatic nitrogens is 2. The lowest BCUT2D eigenvalue weighted by atomic mass is 9.86. The van der Waals surface area contributed by atoms with Gasteiger partial charge in [-0.05, 0) is 42.8 Å². The molecule has 6 N–H and O–H groups in total. The molecule has 1 atom stereocenters. The number of nitrogens with zero attached hydrogens (tertiary/aromatic N) is 2. The average molecular weight is 651 g/mol. The summed E-state index contributed by atoms with van der Waals surface area (Å²) in [7, 11) is 0. The van der Waals surface area contributed by atoms with Gasteiger partial charge < -0.3 is 44.4 Å². The first kappa shape index (κ1) is 30.3. The van der Waals surface area contributed by atoms with Crippen LogP contribution in [0.2, 0.25) is 0 Å². The highest BCUT2D eigenvalue weighted by Crippen LogP contribution is 2.39. The van der Waals surface area contributed by atoms with Gasteiger partial charge in [0.25, 0.3) is 5.56 Å². The molecule has 0 saturated carbocycles. The van der Waals surface area contributed by atoms with Crippen LogP contribution in [-0.4, -0.2) is 46.2 Å². The van der Waals surface area contributed by atoms with E-state index in [0.717, 1.165) is 46.4 Å². The number of carbonyl (C=O) groups excluding carboxylic acids is 1. The molecule has 2 aliphatic heterocycles. The first-order valence-electron chi connectivity index (χ1n) is 14.7. The number of ether oxygens (including phenoxy) is 1. The van der Waals surface area contributed by atoms with Crippen molar-refractivity contribution in [3.63, 3.8) is 0 Å². The van der Waals surface area contributed by atoms with Crippen LogP contribution in [0.1, 0.15) is 30.0 Å². The van der Waals surface area contributed by atoms with Crippen molar-refractivity contribution in [1.29, 1.82) is 0 Å². The van der Waals surface area contributed by atoms with E-state index in [-0.39, 0.29) is 52.4 Å². The van der Waals surface area contributed by atoms with E-state index in [1.54, 1.807) is 17.6 Å². The van der Waals surface area contributed by atoms with E-state index in [1.165, 1.54) is 6.07 Å². The molecule has 2 aliphatic rings. The number of fused-ring (bicyclic) bond motifs is 6. The van der Waals surface area contributed by atoms with Gasteiger partial charge in [-0.15, -0.1) is 0 Å². The Labute approximate surface area is 269 Å². The van der Waals surface area contributed by atoms with E-state index >= 15 is 0 Å². The molecule has 0 bridgehead atoms. The maximum Gasteiger partial charge on any atom is 0.343 e. The van der Waals surface area contributed by atoms with Gasteiger partial charge in [0, 0.05) is 34.2 Å². The fourth-order valence-corrected chi connectivity index (χ4v) is 6.06. The number of pyridine rings is 2. The fourth-order valence-electron chi connectivity index (χ4n) is 6.06. The van der Waals surface area contributed by atoms with Crippen LogP contribution in [0.15, 0.2) is 80.7 Å². The van der Waals surface area contributed by atoms with Crippen LogP contribution in [-0.2, 0) is 28.3 Å². The van der Waals surface area contributed by atoms with Crippen LogP contribution in [0.5, 0.6) is 28.7 Å². The number of esters is 1. The molecule has 0 amide bonds. The van der Waals surface area contributed by atoms with Gasteiger partial charge in [-0.3, -0.25) is 9.59 Å². The summed E-state index contributed by atoms with van der Waals surface area (Å²) in [5.41, 5.74) is 0.924. The van der Waals surface area contributed by atoms with Crippen LogP contribution < -0.4 is 11.0 Å². The highest BCUT2D eigenvalue weighted by atomic mass is 16.6. The van der Waals surface area contributed by atoms with Crippen molar-refractivity contribution in [3.05, 3.63) is 104 Å². The summed E-state index contributed by atoms with van der Waals surface area (Å²) >= 11 is 0. The van der Waals surface area contributed by atoms with Crippen LogP contribution >= 0.6 is 0 Å². The molecular formula is C35H26N2O11. The molecular weight excluding hydrogens is 624 g/mol. The Balaban J connectivity index is 0.000000154. The minimum Gasteiger partial charge on any atom is -0.508 e. The van der Waals surface area contributed by atoms with Crippen molar-refractivity contribution in [1.82, 2.24) is 9.55 Å². The quantitative estimate of drug-likeness (QED) is 0.115. The van der Waals surface area contributed by atoms with Crippen LogP contribution in [0.25, 0.3) is 44.6 Å². The number of benzene rings is 3. The maximum atomic E-state index is 13.0. The van der Waals surface area contributed by atoms with Crippen molar-refractivity contribution in [2.75, 3.05) is 0 Å². The third kappa shape index (κ3) is 4.59. The molecule has 8 rings (SSSR count). The number of hydrogen-bond acceptors (Lipinski definition) is 12. The predicted octanol–water partition coefficient (Wildman–Crippen LogP) is 4.07. The summed E-state index contributed by atoms with van der Waals surface area (Å²) in [5, 5.41) is 59.5. The molecule has 13 heteroatoms. The van der Waals surface area contributed by atoms with Gasteiger partial charge in [0.15, 0.2) is 22.9 Å². The van der Waals surface area contributed by atoms with E-state index in [9.17, 15) is 45.0 Å². The molecule has 13 nitrogen and oxygen atoms in total. The van der Waals surface area contributed by atoms with Crippen LogP contribution in [0.3, 0.4) is 0 Å². The van der Waals surface area contributed by atoms with Gasteiger partial charge in [-0.2, -0.15) is 0 Å². The van der Waals surface area contributed by atoms with Gasteiger partial charge >= 0.3 is 5.97 Å². The molecule has 1 unspecified atom stereocenters. The molecule has 3 aromatic carbocycles. The molecule has 0 fully saturated rings. The van der Waals surface area contributed by atoms with Gasteiger partial charge in [-0.25, -0.2) is 9.78 Å². The van der Waals surface area contributed by atoms with E-state index in [2.05, 4.69) is 0 Å². The zero-order valence-electron chi connectivity index (χ0n) is 25.1. The maximum absolute atomic E-state index is 13.0. The van der Waals surface area contributed by atoms with Crippen molar-refractivity contribution in [3.8, 4) is 51.5 Å². The highest BCUT2D eigenvalue weighted by molar-refractivity contribution is 5.89. The first-order valence-corrected chi connectivity index (χ1v) is 14.7. The van der Waals surface area contributed by atoms with Crippen molar-refractivity contribution in [2.45, 2.75) is 32.1 Å². The Bertz CT molecular complexity index is 2470. The number of hydrogen-bond donors (Lipinski definition) is 6. The third-order valence-electron chi connectivity index (χ3n) is 8.59. The normalized spacial score (nSPS) is 16.1. The molecule has 5 heterocycles. The SMILES string of the molecule is CCC1(O)C(=O)OCc2c1cc1n(c2=O)Cc2cc3ccccc3nc2-1.O=c1c(O)c(-c2ccc(O)c(O)c2)oc2cc(O)cc(O)c12. The van der Waals surface area contributed by atoms with E-state index < -0.39 is 34.2 Å². The number of cyclic esters (lactones) is 1. The number of para-hydroxylation sites is 1. The summed E-state index contributed by atoms with van der Waals surface area (Å²) in [6.45, 7) is 2.01. The largest absolute Gasteiger partial charge is 0.508 e. The number of aromatic hydroxyl groups is 5. The van der Waals surface area contributed by atoms with Crippen LogP contribution in [0, 0.1) is 0 Å². The molecule has 242 valence electrons. The summed E-state index contributed by atoms with van der Waals surface area (Å²) in [5.74, 6) is -3.42. The summed E-state index contributed by atoms with van der Waals surface area (Å²) in [6.07, 6.45) is 0.139. The minimum absolute atomic E-state index is 0.110. The second-order valence-corrected chi connectivity index (χ2v) is 11.4. The van der Waals surface area contributed by atoms with Crippen molar-refractivity contribution >= 4 is 27.8 Å². The molecule has 0 radical (unpaired) electrons. The third-order valence-corrected chi connectivity index (χ3v) is 8.59. The van der Waals surface area contributed by atoms with Crippen molar-refractivity contribution in [2.24, 2.45) is 0 Å². The minimum atomic E-state index is -1.79. The van der Waals surface area contributed by atoms with E-state index in [0.29, 0.717) is 23.4 Å². The average Bonchev–Trinajstić information content (AvgIpc) is 3.42. The smallest absolute Gasteiger partial charge is 0.343 e. The predicted molar refractivity (Wildman–Crippen MR) is 171 cm³/mol. The zero-order valence-corrected chi connectivity index (χ0v) is 25.1. The Hall–Kier alpha value is -6.34.